The molecule has 1 saturated carbocycles. The van der Waals surface area contributed by atoms with Gasteiger partial charge in [0.05, 0.1) is 5.69 Å². The maximum atomic E-state index is 11.5. The van der Waals surface area contributed by atoms with Crippen LogP contribution in [0.3, 0.4) is 0 Å². The van der Waals surface area contributed by atoms with Crippen LogP contribution in [0, 0.1) is 0 Å². The first-order valence-corrected chi connectivity index (χ1v) is 7.61. The van der Waals surface area contributed by atoms with Gasteiger partial charge in [0.1, 0.15) is 0 Å². The minimum atomic E-state index is -1.97. The van der Waals surface area contributed by atoms with Gasteiger partial charge in [0.15, 0.2) is 0 Å². The predicted octanol–water partition coefficient (Wildman–Crippen LogP) is 3.71. The molecule has 94 valence electrons. The van der Waals surface area contributed by atoms with Crippen molar-refractivity contribution in [2.45, 2.75) is 18.9 Å². The number of benzene rings is 2. The molecule has 1 atom stereocenters. The number of nitrogens with zero attached hydrogens (tertiary/aromatic N) is 1. The first kappa shape index (κ1) is 12.1. The van der Waals surface area contributed by atoms with Crippen LogP contribution in [-0.4, -0.2) is 14.8 Å². The standard InChI is InChI=1S/C13H12BrNO2S/c14-12-7-8-13(11-4-2-1-3-10(11)12)15(18(16)17)9-5-6-9/h1-4,7-9H,5-6H2,(H,16,17). The fourth-order valence-corrected chi connectivity index (χ4v) is 3.43. The Hall–Kier alpha value is -0.910. The molecule has 1 aliphatic rings. The van der Waals surface area contributed by atoms with Crippen LogP contribution in [0.5, 0.6) is 0 Å². The zero-order valence-corrected chi connectivity index (χ0v) is 11.9. The molecule has 1 aliphatic carbocycles. The number of halogens is 1. The number of rotatable bonds is 3. The summed E-state index contributed by atoms with van der Waals surface area (Å²) in [5.74, 6) is 0. The van der Waals surface area contributed by atoms with Crippen LogP contribution in [0.1, 0.15) is 12.8 Å². The predicted molar refractivity (Wildman–Crippen MR) is 77.9 cm³/mol. The monoisotopic (exact) mass is 325 g/mol. The molecule has 1 unspecified atom stereocenters. The van der Waals surface area contributed by atoms with Crippen LogP contribution in [0.2, 0.25) is 0 Å². The average Bonchev–Trinajstić information content (AvgIpc) is 3.17. The SMILES string of the molecule is O=S(O)N(c1ccc(Br)c2ccccc12)C1CC1. The van der Waals surface area contributed by atoms with Crippen molar-refractivity contribution >= 4 is 43.7 Å². The number of hydrogen-bond donors (Lipinski definition) is 1. The highest BCUT2D eigenvalue weighted by Crippen LogP contribution is 2.38. The maximum absolute atomic E-state index is 11.5. The zero-order chi connectivity index (χ0) is 12.7. The van der Waals surface area contributed by atoms with Gasteiger partial charge in [-0.1, -0.05) is 40.2 Å². The molecule has 1 N–H and O–H groups in total. The normalized spacial score (nSPS) is 16.8. The van der Waals surface area contributed by atoms with Crippen LogP contribution >= 0.6 is 15.9 Å². The van der Waals surface area contributed by atoms with Crippen molar-refractivity contribution < 1.29 is 8.76 Å². The molecule has 0 bridgehead atoms. The smallest absolute Gasteiger partial charge is 0.262 e. The molecular weight excluding hydrogens is 314 g/mol. The van der Waals surface area contributed by atoms with Gasteiger partial charge in [0.2, 0.25) is 0 Å². The van der Waals surface area contributed by atoms with Crippen molar-refractivity contribution in [1.29, 1.82) is 0 Å². The Balaban J connectivity index is 2.22. The summed E-state index contributed by atoms with van der Waals surface area (Å²) in [5, 5.41) is 2.06. The molecule has 2 aromatic rings. The van der Waals surface area contributed by atoms with E-state index in [1.807, 2.05) is 36.4 Å². The first-order chi connectivity index (χ1) is 8.68. The Kier molecular flexibility index (Phi) is 3.13. The van der Waals surface area contributed by atoms with Gasteiger partial charge in [-0.2, -0.15) is 0 Å². The van der Waals surface area contributed by atoms with Crippen LogP contribution in [-0.2, 0) is 11.3 Å². The van der Waals surface area contributed by atoms with Gasteiger partial charge in [0, 0.05) is 15.9 Å². The van der Waals surface area contributed by atoms with Gasteiger partial charge >= 0.3 is 0 Å². The highest BCUT2D eigenvalue weighted by atomic mass is 79.9. The lowest BCUT2D eigenvalue weighted by Gasteiger charge is -2.21. The van der Waals surface area contributed by atoms with Gasteiger partial charge in [0.25, 0.3) is 11.3 Å². The number of hydrogen-bond acceptors (Lipinski definition) is 1. The molecule has 0 spiro atoms. The fourth-order valence-electron chi connectivity index (χ4n) is 2.16. The summed E-state index contributed by atoms with van der Waals surface area (Å²) in [6.45, 7) is 0. The Morgan fingerprint density at radius 3 is 2.44 bits per heavy atom. The van der Waals surface area contributed by atoms with Crippen molar-refractivity contribution in [2.75, 3.05) is 4.31 Å². The van der Waals surface area contributed by atoms with Crippen molar-refractivity contribution in [3.63, 3.8) is 0 Å². The second kappa shape index (κ2) is 4.64. The summed E-state index contributed by atoms with van der Waals surface area (Å²) in [6.07, 6.45) is 1.97. The summed E-state index contributed by atoms with van der Waals surface area (Å²) in [5.41, 5.74) is 0.831. The average molecular weight is 326 g/mol. The topological polar surface area (TPSA) is 40.5 Å². The van der Waals surface area contributed by atoms with Crippen molar-refractivity contribution in [3.05, 3.63) is 40.9 Å². The summed E-state index contributed by atoms with van der Waals surface area (Å²) in [7, 11) is 0. The van der Waals surface area contributed by atoms with Crippen molar-refractivity contribution in [3.8, 4) is 0 Å². The second-order valence-corrected chi connectivity index (χ2v) is 6.11. The van der Waals surface area contributed by atoms with E-state index in [0.717, 1.165) is 33.8 Å². The third-order valence-electron chi connectivity index (χ3n) is 3.13. The molecule has 1 fully saturated rings. The van der Waals surface area contributed by atoms with E-state index >= 15 is 0 Å². The van der Waals surface area contributed by atoms with E-state index in [2.05, 4.69) is 15.9 Å². The third kappa shape index (κ3) is 2.06. The Morgan fingerprint density at radius 1 is 1.17 bits per heavy atom. The lowest BCUT2D eigenvalue weighted by molar-refractivity contribution is 0.558. The van der Waals surface area contributed by atoms with E-state index in [1.165, 1.54) is 0 Å². The summed E-state index contributed by atoms with van der Waals surface area (Å²) in [4.78, 5) is 0. The molecule has 0 aliphatic heterocycles. The number of anilines is 1. The van der Waals surface area contributed by atoms with Crippen LogP contribution < -0.4 is 4.31 Å². The Labute approximate surface area is 116 Å². The minimum absolute atomic E-state index is 0.195. The maximum Gasteiger partial charge on any atom is 0.262 e. The number of fused-ring (bicyclic) bond motifs is 1. The highest BCUT2D eigenvalue weighted by Gasteiger charge is 2.33. The molecule has 5 heteroatoms. The molecule has 0 radical (unpaired) electrons. The van der Waals surface area contributed by atoms with E-state index in [-0.39, 0.29) is 6.04 Å². The van der Waals surface area contributed by atoms with E-state index in [4.69, 9.17) is 0 Å². The van der Waals surface area contributed by atoms with Gasteiger partial charge < -0.3 is 0 Å². The van der Waals surface area contributed by atoms with Gasteiger partial charge in [-0.25, -0.2) is 4.21 Å². The van der Waals surface area contributed by atoms with E-state index < -0.39 is 11.3 Å². The lowest BCUT2D eigenvalue weighted by Crippen LogP contribution is -2.27. The van der Waals surface area contributed by atoms with Crippen LogP contribution in [0.15, 0.2) is 40.9 Å². The molecule has 0 aromatic heterocycles. The van der Waals surface area contributed by atoms with Gasteiger partial charge in [-0.15, -0.1) is 0 Å². The molecule has 0 amide bonds. The van der Waals surface area contributed by atoms with Gasteiger partial charge in [-0.3, -0.25) is 8.86 Å². The molecular formula is C13H12BrNO2S. The summed E-state index contributed by atoms with van der Waals surface area (Å²) in [6, 6.07) is 11.9. The zero-order valence-electron chi connectivity index (χ0n) is 9.54. The molecule has 2 aromatic carbocycles. The van der Waals surface area contributed by atoms with Crippen LogP contribution in [0.25, 0.3) is 10.8 Å². The third-order valence-corrected chi connectivity index (χ3v) is 4.65. The Morgan fingerprint density at radius 2 is 1.83 bits per heavy atom. The molecule has 0 saturated heterocycles. The first-order valence-electron chi connectivity index (χ1n) is 5.76. The summed E-state index contributed by atoms with van der Waals surface area (Å²) < 4.78 is 23.6. The van der Waals surface area contributed by atoms with Crippen LogP contribution in [0.4, 0.5) is 5.69 Å². The fraction of sp³-hybridized carbons (Fsp3) is 0.231. The van der Waals surface area contributed by atoms with E-state index in [0.29, 0.717) is 0 Å². The second-order valence-electron chi connectivity index (χ2n) is 4.40. The highest BCUT2D eigenvalue weighted by molar-refractivity contribution is 9.10. The van der Waals surface area contributed by atoms with Crippen molar-refractivity contribution in [2.24, 2.45) is 0 Å². The molecule has 3 rings (SSSR count). The molecule has 0 heterocycles. The van der Waals surface area contributed by atoms with E-state index in [1.54, 1.807) is 4.31 Å². The minimum Gasteiger partial charge on any atom is -0.289 e. The molecule has 3 nitrogen and oxygen atoms in total. The largest absolute Gasteiger partial charge is 0.289 e. The van der Waals surface area contributed by atoms with E-state index in [9.17, 15) is 8.76 Å². The lowest BCUT2D eigenvalue weighted by atomic mass is 10.1. The molecule has 18 heavy (non-hydrogen) atoms. The quantitative estimate of drug-likeness (QED) is 0.874. The Bertz CT molecular complexity index is 627. The van der Waals surface area contributed by atoms with Crippen molar-refractivity contribution in [1.82, 2.24) is 0 Å². The van der Waals surface area contributed by atoms with Gasteiger partial charge in [-0.05, 0) is 30.4 Å². The summed E-state index contributed by atoms with van der Waals surface area (Å²) >= 11 is 1.55.